The van der Waals surface area contributed by atoms with Gasteiger partial charge in [0.25, 0.3) is 0 Å². The molecule has 96 valence electrons. The molecular weight excluding hydrogens is 224 g/mol. The van der Waals surface area contributed by atoms with E-state index in [1.165, 1.54) is 5.56 Å². The summed E-state index contributed by atoms with van der Waals surface area (Å²) in [6, 6.07) is 7.87. The maximum absolute atomic E-state index is 9.85. The number of rotatable bonds is 3. The maximum Gasteiger partial charge on any atom is 0.0782 e. The fraction of sp³-hybridized carbons (Fsp3) is 0.400. The summed E-state index contributed by atoms with van der Waals surface area (Å²) in [5, 5.41) is 14.4. The molecule has 0 saturated carbocycles. The lowest BCUT2D eigenvalue weighted by Crippen LogP contribution is -2.05. The van der Waals surface area contributed by atoms with Crippen LogP contribution < -0.4 is 0 Å². The van der Waals surface area contributed by atoms with Gasteiger partial charge in [0.2, 0.25) is 0 Å². The number of para-hydroxylation sites is 1. The lowest BCUT2D eigenvalue weighted by Gasteiger charge is -2.13. The summed E-state index contributed by atoms with van der Waals surface area (Å²) in [7, 11) is 0. The molecule has 2 aromatic rings. The van der Waals surface area contributed by atoms with Gasteiger partial charge in [-0.3, -0.25) is 0 Å². The van der Waals surface area contributed by atoms with E-state index in [1.54, 1.807) is 6.92 Å². The van der Waals surface area contributed by atoms with Crippen LogP contribution in [0.4, 0.5) is 0 Å². The van der Waals surface area contributed by atoms with Crippen molar-refractivity contribution < 1.29 is 5.11 Å². The minimum atomic E-state index is -0.491. The molecule has 1 heterocycles. The zero-order valence-corrected chi connectivity index (χ0v) is 11.4. The van der Waals surface area contributed by atoms with Crippen molar-refractivity contribution >= 4 is 0 Å². The standard InChI is InChI=1S/C15H20N2O/c1-5-13-10(2)16-17(11(13)3)15-9-7-6-8-14(15)12(4)18/h6-9,12,18H,5H2,1-4H3/t12-/m0/s1. The molecule has 0 spiro atoms. The highest BCUT2D eigenvalue weighted by Crippen LogP contribution is 2.24. The van der Waals surface area contributed by atoms with E-state index in [9.17, 15) is 5.11 Å². The van der Waals surface area contributed by atoms with Crippen LogP contribution in [-0.4, -0.2) is 14.9 Å². The van der Waals surface area contributed by atoms with Gasteiger partial charge in [-0.15, -0.1) is 0 Å². The fourth-order valence-electron chi connectivity index (χ4n) is 2.45. The summed E-state index contributed by atoms with van der Waals surface area (Å²) in [5.74, 6) is 0. The normalized spacial score (nSPS) is 12.7. The molecule has 0 bridgehead atoms. The van der Waals surface area contributed by atoms with Crippen molar-refractivity contribution in [3.05, 3.63) is 46.8 Å². The Bertz CT molecular complexity index is 556. The van der Waals surface area contributed by atoms with Gasteiger partial charge >= 0.3 is 0 Å². The largest absolute Gasteiger partial charge is 0.389 e. The molecule has 3 nitrogen and oxygen atoms in total. The van der Waals surface area contributed by atoms with Crippen molar-refractivity contribution in [2.24, 2.45) is 0 Å². The van der Waals surface area contributed by atoms with E-state index in [0.29, 0.717) is 0 Å². The second-order valence-electron chi connectivity index (χ2n) is 4.65. The quantitative estimate of drug-likeness (QED) is 0.901. The van der Waals surface area contributed by atoms with Crippen LogP contribution in [0, 0.1) is 13.8 Å². The predicted molar refractivity (Wildman–Crippen MR) is 73.0 cm³/mol. The molecule has 1 aromatic heterocycles. The number of aliphatic hydroxyl groups excluding tert-OH is 1. The van der Waals surface area contributed by atoms with Crippen LogP contribution in [0.1, 0.15) is 42.5 Å². The van der Waals surface area contributed by atoms with Crippen LogP contribution in [0.15, 0.2) is 24.3 Å². The van der Waals surface area contributed by atoms with Gasteiger partial charge in [-0.1, -0.05) is 25.1 Å². The van der Waals surface area contributed by atoms with Crippen molar-refractivity contribution in [1.29, 1.82) is 0 Å². The van der Waals surface area contributed by atoms with E-state index in [4.69, 9.17) is 0 Å². The highest BCUT2D eigenvalue weighted by atomic mass is 16.3. The molecule has 0 unspecified atom stereocenters. The highest BCUT2D eigenvalue weighted by molar-refractivity contribution is 5.44. The van der Waals surface area contributed by atoms with Gasteiger partial charge in [-0.05, 0) is 38.8 Å². The molecule has 0 amide bonds. The average Bonchev–Trinajstić information content (AvgIpc) is 2.64. The predicted octanol–water partition coefficient (Wildman–Crippen LogP) is 3.10. The van der Waals surface area contributed by atoms with E-state index in [2.05, 4.69) is 18.9 Å². The van der Waals surface area contributed by atoms with Crippen LogP contribution in [0.2, 0.25) is 0 Å². The third-order valence-corrected chi connectivity index (χ3v) is 3.41. The van der Waals surface area contributed by atoms with Crippen LogP contribution in [0.25, 0.3) is 5.69 Å². The molecule has 1 atom stereocenters. The first-order valence-electron chi connectivity index (χ1n) is 6.38. The summed E-state index contributed by atoms with van der Waals surface area (Å²) in [4.78, 5) is 0. The molecule has 18 heavy (non-hydrogen) atoms. The molecule has 0 radical (unpaired) electrons. The molecule has 3 heteroatoms. The van der Waals surface area contributed by atoms with Gasteiger partial charge in [-0.2, -0.15) is 5.10 Å². The first-order chi connectivity index (χ1) is 8.56. The zero-order chi connectivity index (χ0) is 13.3. The van der Waals surface area contributed by atoms with Gasteiger partial charge < -0.3 is 5.11 Å². The summed E-state index contributed by atoms with van der Waals surface area (Å²) in [5.41, 5.74) is 5.38. The van der Waals surface area contributed by atoms with E-state index in [0.717, 1.165) is 29.1 Å². The SMILES string of the molecule is CCc1c(C)nn(-c2ccccc2[C@H](C)O)c1C. The summed E-state index contributed by atoms with van der Waals surface area (Å²) < 4.78 is 1.94. The molecule has 0 aliphatic carbocycles. The Hall–Kier alpha value is -1.61. The van der Waals surface area contributed by atoms with E-state index >= 15 is 0 Å². The van der Waals surface area contributed by atoms with Crippen molar-refractivity contribution in [2.75, 3.05) is 0 Å². The second kappa shape index (κ2) is 4.94. The molecule has 0 fully saturated rings. The Morgan fingerprint density at radius 1 is 1.28 bits per heavy atom. The number of nitrogens with zero attached hydrogens (tertiary/aromatic N) is 2. The third kappa shape index (κ3) is 2.06. The zero-order valence-electron chi connectivity index (χ0n) is 11.4. The van der Waals surface area contributed by atoms with Crippen molar-refractivity contribution in [3.63, 3.8) is 0 Å². The van der Waals surface area contributed by atoms with E-state index < -0.39 is 6.10 Å². The smallest absolute Gasteiger partial charge is 0.0782 e. The first kappa shape index (κ1) is 12.8. The Morgan fingerprint density at radius 2 is 1.94 bits per heavy atom. The van der Waals surface area contributed by atoms with Crippen molar-refractivity contribution in [2.45, 2.75) is 40.2 Å². The molecule has 0 aliphatic heterocycles. The average molecular weight is 244 g/mol. The Balaban J connectivity index is 2.63. The van der Waals surface area contributed by atoms with Crippen molar-refractivity contribution in [1.82, 2.24) is 9.78 Å². The minimum Gasteiger partial charge on any atom is -0.389 e. The summed E-state index contributed by atoms with van der Waals surface area (Å²) in [6.45, 7) is 8.04. The fourth-order valence-corrected chi connectivity index (χ4v) is 2.45. The third-order valence-electron chi connectivity index (χ3n) is 3.41. The number of hydrogen-bond acceptors (Lipinski definition) is 2. The Labute approximate surface area is 108 Å². The van der Waals surface area contributed by atoms with E-state index in [1.807, 2.05) is 35.9 Å². The van der Waals surface area contributed by atoms with E-state index in [-0.39, 0.29) is 0 Å². The second-order valence-corrected chi connectivity index (χ2v) is 4.65. The lowest BCUT2D eigenvalue weighted by molar-refractivity contribution is 0.199. The van der Waals surface area contributed by atoms with Gasteiger partial charge in [-0.25, -0.2) is 4.68 Å². The Kier molecular flexibility index (Phi) is 3.53. The van der Waals surface area contributed by atoms with Gasteiger partial charge in [0.1, 0.15) is 0 Å². The number of hydrogen-bond donors (Lipinski definition) is 1. The molecule has 1 aromatic carbocycles. The van der Waals surface area contributed by atoms with Crippen LogP contribution in [0.3, 0.4) is 0 Å². The molecule has 1 N–H and O–H groups in total. The highest BCUT2D eigenvalue weighted by Gasteiger charge is 2.15. The van der Waals surface area contributed by atoms with Gasteiger partial charge in [0, 0.05) is 11.3 Å². The number of aromatic nitrogens is 2. The topological polar surface area (TPSA) is 38.0 Å². The monoisotopic (exact) mass is 244 g/mol. The molecular formula is C15H20N2O. The number of aryl methyl sites for hydroxylation is 1. The number of benzene rings is 1. The van der Waals surface area contributed by atoms with Gasteiger partial charge in [0.05, 0.1) is 17.5 Å². The molecule has 0 saturated heterocycles. The van der Waals surface area contributed by atoms with Gasteiger partial charge in [0.15, 0.2) is 0 Å². The van der Waals surface area contributed by atoms with Crippen LogP contribution >= 0.6 is 0 Å². The molecule has 2 rings (SSSR count). The maximum atomic E-state index is 9.85. The molecule has 0 aliphatic rings. The summed E-state index contributed by atoms with van der Waals surface area (Å²) >= 11 is 0. The first-order valence-corrected chi connectivity index (χ1v) is 6.38. The van der Waals surface area contributed by atoms with Crippen LogP contribution in [-0.2, 0) is 6.42 Å². The lowest BCUT2D eigenvalue weighted by atomic mass is 10.1. The number of aliphatic hydroxyl groups is 1. The van der Waals surface area contributed by atoms with Crippen LogP contribution in [0.5, 0.6) is 0 Å². The minimum absolute atomic E-state index is 0.491. The van der Waals surface area contributed by atoms with Crippen molar-refractivity contribution in [3.8, 4) is 5.69 Å². The Morgan fingerprint density at radius 3 is 2.50 bits per heavy atom. The summed E-state index contributed by atoms with van der Waals surface area (Å²) in [6.07, 6.45) is 0.490.